The van der Waals surface area contributed by atoms with Crippen molar-refractivity contribution < 1.29 is 17.8 Å². The van der Waals surface area contributed by atoms with Crippen molar-refractivity contribution in [1.29, 1.82) is 0 Å². The van der Waals surface area contributed by atoms with Gasteiger partial charge in [-0.2, -0.15) is 28.8 Å². The highest BCUT2D eigenvalue weighted by molar-refractivity contribution is 7.98. The first-order valence-corrected chi connectivity index (χ1v) is 13.7. The van der Waals surface area contributed by atoms with Crippen molar-refractivity contribution >= 4 is 39.3 Å². The molecule has 1 saturated heterocycles. The van der Waals surface area contributed by atoms with Crippen molar-refractivity contribution in [1.82, 2.24) is 18.5 Å². The van der Waals surface area contributed by atoms with Gasteiger partial charge < -0.3 is 19.5 Å². The zero-order chi connectivity index (χ0) is 25.6. The Bertz CT molecular complexity index is 1100. The summed E-state index contributed by atoms with van der Waals surface area (Å²) >= 11 is 1.66. The summed E-state index contributed by atoms with van der Waals surface area (Å²) in [6.07, 6.45) is 0. The standard InChI is InChI=1S/C21H33N7O5S2/c1-24(2)15-17-5-6-18(33-17)16-34-14-9-22-21-19(28(29)30)7-8-20(23-21)26-10-12-27(13-11-26)35(31,32)25(3)4/h5-8H,9-16H2,1-4H3,(H,22,23). The van der Waals surface area contributed by atoms with Gasteiger partial charge in [-0.1, -0.05) is 0 Å². The average Bonchev–Trinajstić information content (AvgIpc) is 3.25. The summed E-state index contributed by atoms with van der Waals surface area (Å²) in [7, 11) is 3.52. The predicted molar refractivity (Wildman–Crippen MR) is 138 cm³/mol. The summed E-state index contributed by atoms with van der Waals surface area (Å²) in [4.78, 5) is 19.5. The van der Waals surface area contributed by atoms with Gasteiger partial charge in [0.05, 0.1) is 17.2 Å². The number of piperazine rings is 1. The van der Waals surface area contributed by atoms with Crippen molar-refractivity contribution in [3.05, 3.63) is 45.9 Å². The third-order valence-corrected chi connectivity index (χ3v) is 8.30. The summed E-state index contributed by atoms with van der Waals surface area (Å²) in [6.45, 7) is 2.79. The van der Waals surface area contributed by atoms with Crippen molar-refractivity contribution in [2.24, 2.45) is 0 Å². The maximum atomic E-state index is 12.3. The Kier molecular flexibility index (Phi) is 9.35. The van der Waals surface area contributed by atoms with E-state index < -0.39 is 15.1 Å². The molecule has 0 saturated carbocycles. The first kappa shape index (κ1) is 27.2. The molecule has 1 aliphatic heterocycles. The first-order valence-electron chi connectivity index (χ1n) is 11.2. The summed E-state index contributed by atoms with van der Waals surface area (Å²) in [5, 5.41) is 14.6. The lowest BCUT2D eigenvalue weighted by atomic mass is 10.3. The molecule has 0 atom stereocenters. The topological polar surface area (TPSA) is 128 Å². The van der Waals surface area contributed by atoms with Crippen molar-refractivity contribution in [2.75, 3.05) is 76.9 Å². The van der Waals surface area contributed by atoms with E-state index in [2.05, 4.69) is 10.3 Å². The van der Waals surface area contributed by atoms with Gasteiger partial charge in [0.2, 0.25) is 5.82 Å². The number of nitrogens with one attached hydrogen (secondary N) is 1. The molecule has 0 unspecified atom stereocenters. The van der Waals surface area contributed by atoms with Crippen LogP contribution < -0.4 is 10.2 Å². The van der Waals surface area contributed by atoms with Gasteiger partial charge in [0.25, 0.3) is 10.2 Å². The van der Waals surface area contributed by atoms with E-state index in [9.17, 15) is 18.5 Å². The van der Waals surface area contributed by atoms with Crippen LogP contribution in [-0.2, 0) is 22.5 Å². The Labute approximate surface area is 210 Å². The van der Waals surface area contributed by atoms with E-state index in [1.54, 1.807) is 17.8 Å². The minimum Gasteiger partial charge on any atom is -0.464 e. The molecule has 0 spiro atoms. The maximum Gasteiger partial charge on any atom is 0.311 e. The fourth-order valence-electron chi connectivity index (χ4n) is 3.58. The van der Waals surface area contributed by atoms with Gasteiger partial charge >= 0.3 is 5.69 Å². The highest BCUT2D eigenvalue weighted by atomic mass is 32.2. The van der Waals surface area contributed by atoms with Crippen LogP contribution in [0.5, 0.6) is 0 Å². The van der Waals surface area contributed by atoms with E-state index in [0.717, 1.165) is 18.1 Å². The number of thioether (sulfide) groups is 1. The van der Waals surface area contributed by atoms with Crippen LogP contribution in [-0.4, -0.2) is 98.5 Å². The number of hydrogen-bond acceptors (Lipinski definition) is 10. The highest BCUT2D eigenvalue weighted by Crippen LogP contribution is 2.27. The number of aromatic nitrogens is 1. The fraction of sp³-hybridized carbons (Fsp3) is 0.571. The van der Waals surface area contributed by atoms with Crippen LogP contribution in [0.1, 0.15) is 11.5 Å². The molecule has 0 aliphatic carbocycles. The number of pyridine rings is 1. The molecular formula is C21H33N7O5S2. The van der Waals surface area contributed by atoms with Gasteiger partial charge in [0, 0.05) is 58.6 Å². The van der Waals surface area contributed by atoms with Crippen LogP contribution >= 0.6 is 11.8 Å². The van der Waals surface area contributed by atoms with Crippen molar-refractivity contribution in [3.8, 4) is 0 Å². The van der Waals surface area contributed by atoms with Crippen molar-refractivity contribution in [3.63, 3.8) is 0 Å². The SMILES string of the molecule is CN(C)Cc1ccc(CSCCNc2nc(N3CCN(S(=O)(=O)N(C)C)CC3)ccc2[N+](=O)[O-])o1. The average molecular weight is 528 g/mol. The van der Waals surface area contributed by atoms with E-state index >= 15 is 0 Å². The number of rotatable bonds is 12. The molecule has 2 aromatic heterocycles. The molecule has 0 bridgehead atoms. The van der Waals surface area contributed by atoms with Crippen LogP contribution in [0.3, 0.4) is 0 Å². The number of furan rings is 1. The quantitative estimate of drug-likeness (QED) is 0.248. The molecule has 1 aliphatic rings. The molecule has 0 radical (unpaired) electrons. The minimum absolute atomic E-state index is 0.0908. The zero-order valence-electron chi connectivity index (χ0n) is 20.5. The van der Waals surface area contributed by atoms with Crippen LogP contribution in [0.15, 0.2) is 28.7 Å². The first-order chi connectivity index (χ1) is 16.6. The molecule has 12 nitrogen and oxygen atoms in total. The number of hydrogen-bond donors (Lipinski definition) is 1. The van der Waals surface area contributed by atoms with E-state index in [0.29, 0.717) is 50.0 Å². The molecule has 0 amide bonds. The van der Waals surface area contributed by atoms with Gasteiger partial charge in [0.1, 0.15) is 17.3 Å². The second-order valence-electron chi connectivity index (χ2n) is 8.56. The molecule has 1 N–H and O–H groups in total. The second kappa shape index (κ2) is 12.0. The summed E-state index contributed by atoms with van der Waals surface area (Å²) in [6, 6.07) is 6.99. The third kappa shape index (κ3) is 7.30. The molecule has 3 rings (SSSR count). The van der Waals surface area contributed by atoms with Crippen molar-refractivity contribution in [2.45, 2.75) is 12.3 Å². The maximum absolute atomic E-state index is 12.3. The molecule has 194 valence electrons. The van der Waals surface area contributed by atoms with E-state index in [-0.39, 0.29) is 11.5 Å². The lowest BCUT2D eigenvalue weighted by Crippen LogP contribution is -2.51. The van der Waals surface area contributed by atoms with E-state index in [1.165, 1.54) is 28.8 Å². The van der Waals surface area contributed by atoms with Crippen LogP contribution in [0.25, 0.3) is 0 Å². The van der Waals surface area contributed by atoms with Gasteiger partial charge in [-0.05, 0) is 32.3 Å². The molecule has 0 aromatic carbocycles. The Morgan fingerprint density at radius 2 is 1.80 bits per heavy atom. The molecule has 14 heteroatoms. The summed E-state index contributed by atoms with van der Waals surface area (Å²) in [5.41, 5.74) is -0.0908. The van der Waals surface area contributed by atoms with Gasteiger partial charge in [-0.3, -0.25) is 10.1 Å². The summed E-state index contributed by atoms with van der Waals surface area (Å²) in [5.74, 6) is 4.03. The smallest absolute Gasteiger partial charge is 0.311 e. The number of nitrogens with zero attached hydrogens (tertiary/aromatic N) is 6. The van der Waals surface area contributed by atoms with Gasteiger partial charge in [-0.15, -0.1) is 0 Å². The molecule has 3 heterocycles. The third-order valence-electron chi connectivity index (χ3n) is 5.38. The fourth-order valence-corrected chi connectivity index (χ4v) is 5.42. The Hall–Kier alpha value is -2.39. The second-order valence-corrected chi connectivity index (χ2v) is 11.8. The lowest BCUT2D eigenvalue weighted by molar-refractivity contribution is -0.384. The largest absolute Gasteiger partial charge is 0.464 e. The lowest BCUT2D eigenvalue weighted by Gasteiger charge is -2.35. The van der Waals surface area contributed by atoms with Crippen LogP contribution in [0.4, 0.5) is 17.3 Å². The Morgan fingerprint density at radius 3 is 2.43 bits per heavy atom. The minimum atomic E-state index is -3.47. The van der Waals surface area contributed by atoms with E-state index in [4.69, 9.17) is 4.42 Å². The number of anilines is 2. The molecular weight excluding hydrogens is 494 g/mol. The normalized spacial score (nSPS) is 15.2. The summed E-state index contributed by atoms with van der Waals surface area (Å²) < 4.78 is 33.1. The van der Waals surface area contributed by atoms with Crippen LogP contribution in [0, 0.1) is 10.1 Å². The van der Waals surface area contributed by atoms with Gasteiger partial charge in [-0.25, -0.2) is 4.98 Å². The number of nitro groups is 1. The molecule has 35 heavy (non-hydrogen) atoms. The molecule has 2 aromatic rings. The Morgan fingerprint density at radius 1 is 1.11 bits per heavy atom. The Balaban J connectivity index is 1.54. The highest BCUT2D eigenvalue weighted by Gasteiger charge is 2.29. The van der Waals surface area contributed by atoms with E-state index in [1.807, 2.05) is 36.0 Å². The molecule has 1 fully saturated rings. The monoisotopic (exact) mass is 527 g/mol. The van der Waals surface area contributed by atoms with Gasteiger partial charge in [0.15, 0.2) is 0 Å². The van der Waals surface area contributed by atoms with Crippen LogP contribution in [0.2, 0.25) is 0 Å². The predicted octanol–water partition coefficient (Wildman–Crippen LogP) is 1.92. The zero-order valence-corrected chi connectivity index (χ0v) is 22.1.